The summed E-state index contributed by atoms with van der Waals surface area (Å²) in [5.74, 6) is -0.547. The van der Waals surface area contributed by atoms with E-state index in [1.54, 1.807) is 24.3 Å². The van der Waals surface area contributed by atoms with E-state index in [-0.39, 0.29) is 0 Å². The molecule has 2 rings (SSSR count). The molecule has 0 radical (unpaired) electrons. The van der Waals surface area contributed by atoms with E-state index in [1.165, 1.54) is 0 Å². The topological polar surface area (TPSA) is 86.6 Å². The largest absolute Gasteiger partial charge is 0.465 e. The number of rotatable bonds is 2. The molecular formula is C13H14ClNO4. The number of ketones is 1. The van der Waals surface area contributed by atoms with Gasteiger partial charge < -0.3 is 15.5 Å². The van der Waals surface area contributed by atoms with Crippen molar-refractivity contribution in [2.75, 3.05) is 0 Å². The van der Waals surface area contributed by atoms with Crippen molar-refractivity contribution in [3.63, 3.8) is 0 Å². The molecule has 0 unspecified atom stereocenters. The zero-order chi connectivity index (χ0) is 14.0. The van der Waals surface area contributed by atoms with E-state index in [2.05, 4.69) is 5.32 Å². The highest BCUT2D eigenvalue weighted by Crippen LogP contribution is 2.38. The van der Waals surface area contributed by atoms with Crippen molar-refractivity contribution < 1.29 is 19.8 Å². The van der Waals surface area contributed by atoms with Crippen molar-refractivity contribution >= 4 is 23.5 Å². The number of carbonyl (C=O) groups excluding carboxylic acids is 1. The molecule has 0 spiro atoms. The number of nitrogens with one attached hydrogen (secondary N) is 1. The monoisotopic (exact) mass is 283 g/mol. The molecule has 2 atom stereocenters. The van der Waals surface area contributed by atoms with E-state index < -0.39 is 23.5 Å². The maximum atomic E-state index is 12.3. The number of carboxylic acid groups (broad SMARTS) is 1. The summed E-state index contributed by atoms with van der Waals surface area (Å²) in [5, 5.41) is 21.3. The van der Waals surface area contributed by atoms with Crippen LogP contribution in [0.3, 0.4) is 0 Å². The Morgan fingerprint density at radius 1 is 1.42 bits per heavy atom. The van der Waals surface area contributed by atoms with Gasteiger partial charge in [0.15, 0.2) is 5.78 Å². The Kier molecular flexibility index (Phi) is 3.78. The van der Waals surface area contributed by atoms with Gasteiger partial charge in [-0.2, -0.15) is 0 Å². The fourth-order valence-corrected chi connectivity index (χ4v) is 2.85. The second-order valence-electron chi connectivity index (χ2n) is 4.59. The zero-order valence-corrected chi connectivity index (χ0v) is 10.9. The third kappa shape index (κ3) is 2.43. The molecule has 0 saturated heterocycles. The lowest BCUT2D eigenvalue weighted by Gasteiger charge is -2.38. The quantitative estimate of drug-likeness (QED) is 0.774. The van der Waals surface area contributed by atoms with E-state index in [0.717, 1.165) is 0 Å². The van der Waals surface area contributed by atoms with Crippen molar-refractivity contribution in [3.8, 4) is 0 Å². The van der Waals surface area contributed by atoms with Crippen LogP contribution < -0.4 is 5.32 Å². The molecule has 0 heterocycles. The summed E-state index contributed by atoms with van der Waals surface area (Å²) < 4.78 is 0. The van der Waals surface area contributed by atoms with Crippen LogP contribution in [0.4, 0.5) is 4.79 Å². The van der Waals surface area contributed by atoms with Crippen LogP contribution in [0.1, 0.15) is 24.8 Å². The number of aliphatic hydroxyl groups excluding tert-OH is 1. The molecule has 102 valence electrons. The van der Waals surface area contributed by atoms with E-state index in [1.807, 2.05) is 0 Å². The van der Waals surface area contributed by atoms with Gasteiger partial charge in [-0.05, 0) is 25.3 Å². The number of benzene rings is 1. The third-order valence-electron chi connectivity index (χ3n) is 3.41. The Labute approximate surface area is 115 Å². The van der Waals surface area contributed by atoms with Gasteiger partial charge in [0, 0.05) is 10.6 Å². The molecule has 3 N–H and O–H groups in total. The van der Waals surface area contributed by atoms with Crippen molar-refractivity contribution in [1.29, 1.82) is 0 Å². The first-order valence-electron chi connectivity index (χ1n) is 5.96. The predicted octanol–water partition coefficient (Wildman–Crippen LogP) is 1.92. The summed E-state index contributed by atoms with van der Waals surface area (Å²) in [5.41, 5.74) is -1.07. The summed E-state index contributed by atoms with van der Waals surface area (Å²) in [7, 11) is 0. The lowest BCUT2D eigenvalue weighted by Crippen LogP contribution is -2.57. The van der Waals surface area contributed by atoms with Crippen molar-refractivity contribution in [2.45, 2.75) is 30.9 Å². The molecule has 5 nitrogen and oxygen atoms in total. The highest BCUT2D eigenvalue weighted by atomic mass is 35.5. The number of Topliss-reactive ketones (excluding diaryl/α,β-unsaturated/α-hetero) is 1. The van der Waals surface area contributed by atoms with Gasteiger partial charge in [-0.1, -0.05) is 29.8 Å². The number of hydrogen-bond donors (Lipinski definition) is 3. The molecule has 1 fully saturated rings. The predicted molar refractivity (Wildman–Crippen MR) is 69.2 cm³/mol. The van der Waals surface area contributed by atoms with Crippen LogP contribution in [-0.4, -0.2) is 28.2 Å². The van der Waals surface area contributed by atoms with Gasteiger partial charge in [-0.15, -0.1) is 0 Å². The van der Waals surface area contributed by atoms with Gasteiger partial charge in [-0.25, -0.2) is 4.79 Å². The van der Waals surface area contributed by atoms with Crippen LogP contribution in [0.2, 0.25) is 5.02 Å². The number of hydrogen-bond acceptors (Lipinski definition) is 3. The number of carbonyl (C=O) groups is 2. The van der Waals surface area contributed by atoms with Gasteiger partial charge >= 0.3 is 6.09 Å². The lowest BCUT2D eigenvalue weighted by molar-refractivity contribution is -0.137. The second-order valence-corrected chi connectivity index (χ2v) is 4.99. The van der Waals surface area contributed by atoms with Crippen molar-refractivity contribution in [3.05, 3.63) is 34.9 Å². The van der Waals surface area contributed by atoms with Gasteiger partial charge in [-0.3, -0.25) is 4.79 Å². The van der Waals surface area contributed by atoms with E-state index in [9.17, 15) is 14.7 Å². The van der Waals surface area contributed by atoms with Crippen LogP contribution in [0.5, 0.6) is 0 Å². The molecular weight excluding hydrogens is 270 g/mol. The molecule has 0 bridgehead atoms. The zero-order valence-electron chi connectivity index (χ0n) is 10.1. The van der Waals surface area contributed by atoms with E-state index in [4.69, 9.17) is 16.7 Å². The first-order chi connectivity index (χ1) is 8.97. The van der Waals surface area contributed by atoms with Gasteiger partial charge in [0.2, 0.25) is 0 Å². The van der Waals surface area contributed by atoms with E-state index in [0.29, 0.717) is 29.8 Å². The molecule has 1 aromatic carbocycles. The maximum Gasteiger partial charge on any atom is 0.405 e. The second kappa shape index (κ2) is 5.19. The van der Waals surface area contributed by atoms with Crippen LogP contribution in [0.15, 0.2) is 24.3 Å². The summed E-state index contributed by atoms with van der Waals surface area (Å²) >= 11 is 6.08. The minimum absolute atomic E-state index is 0.291. The highest BCUT2D eigenvalue weighted by molar-refractivity contribution is 6.31. The normalized spacial score (nSPS) is 27.1. The van der Waals surface area contributed by atoms with E-state index >= 15 is 0 Å². The number of halogens is 1. The molecule has 0 aromatic heterocycles. The fourth-order valence-electron chi connectivity index (χ4n) is 2.55. The number of aliphatic hydroxyl groups is 1. The van der Waals surface area contributed by atoms with Gasteiger partial charge in [0.1, 0.15) is 11.6 Å². The van der Waals surface area contributed by atoms with Crippen molar-refractivity contribution in [1.82, 2.24) is 5.32 Å². The maximum absolute atomic E-state index is 12.3. The molecule has 1 aromatic rings. The summed E-state index contributed by atoms with van der Waals surface area (Å²) in [6, 6.07) is 6.58. The Bertz CT molecular complexity index is 519. The first-order valence-corrected chi connectivity index (χ1v) is 6.33. The summed E-state index contributed by atoms with van der Waals surface area (Å²) in [6.07, 6.45) is -1.32. The fraction of sp³-hybridized carbons (Fsp3) is 0.385. The lowest BCUT2D eigenvalue weighted by atomic mass is 9.74. The number of amides is 1. The first kappa shape index (κ1) is 13.8. The van der Waals surface area contributed by atoms with Gasteiger partial charge in [0.25, 0.3) is 0 Å². The molecule has 6 heteroatoms. The van der Waals surface area contributed by atoms with Crippen molar-refractivity contribution in [2.24, 2.45) is 0 Å². The average molecular weight is 284 g/mol. The average Bonchev–Trinajstić information content (AvgIpc) is 2.35. The molecule has 19 heavy (non-hydrogen) atoms. The standard InChI is InChI=1S/C13H14ClNO4/c14-9-5-2-1-4-8(9)13(15-12(18)19)7-3-6-10(16)11(13)17/h1-2,4-5,10,15-16H,3,6-7H2,(H,18,19)/t10-,13-/m0/s1. The Morgan fingerprint density at radius 3 is 2.74 bits per heavy atom. The molecule has 1 aliphatic rings. The minimum atomic E-state index is -1.46. The molecule has 0 aliphatic heterocycles. The smallest absolute Gasteiger partial charge is 0.405 e. The van der Waals surface area contributed by atoms with Gasteiger partial charge in [0.05, 0.1) is 0 Å². The van der Waals surface area contributed by atoms with Crippen LogP contribution in [0.25, 0.3) is 0 Å². The third-order valence-corrected chi connectivity index (χ3v) is 3.74. The minimum Gasteiger partial charge on any atom is -0.465 e. The van der Waals surface area contributed by atoms with Crippen LogP contribution >= 0.6 is 11.6 Å². The SMILES string of the molecule is O=C(O)N[C@]1(c2ccccc2Cl)CCC[C@H](O)C1=O. The van der Waals surface area contributed by atoms with Crippen LogP contribution in [-0.2, 0) is 10.3 Å². The molecule has 1 saturated carbocycles. The Morgan fingerprint density at radius 2 is 2.11 bits per heavy atom. The molecule has 1 aliphatic carbocycles. The van der Waals surface area contributed by atoms with Crippen LogP contribution in [0, 0.1) is 0 Å². The highest BCUT2D eigenvalue weighted by Gasteiger charge is 2.47. The molecule has 1 amide bonds. The Hall–Kier alpha value is -1.59. The Balaban J connectivity index is 2.54. The summed E-state index contributed by atoms with van der Waals surface area (Å²) in [6.45, 7) is 0. The summed E-state index contributed by atoms with van der Waals surface area (Å²) in [4.78, 5) is 23.3.